The molecule has 1 aromatic rings. The van der Waals surface area contributed by atoms with Gasteiger partial charge in [0, 0.05) is 45.8 Å². The summed E-state index contributed by atoms with van der Waals surface area (Å²) in [6.07, 6.45) is 2.53. The van der Waals surface area contributed by atoms with E-state index in [4.69, 9.17) is 5.73 Å². The monoisotopic (exact) mass is 268 g/mol. The van der Waals surface area contributed by atoms with Crippen molar-refractivity contribution < 1.29 is 9.00 Å². The van der Waals surface area contributed by atoms with Gasteiger partial charge in [0.25, 0.3) is 0 Å². The minimum Gasteiger partial charge on any atom is -0.398 e. The Kier molecular flexibility index (Phi) is 5.34. The van der Waals surface area contributed by atoms with Gasteiger partial charge in [0.2, 0.25) is 0 Å². The zero-order chi connectivity index (χ0) is 13.7. The number of carbonyl (C=O) groups excluding carboxylic acids is 1. The van der Waals surface area contributed by atoms with Gasteiger partial charge in [-0.1, -0.05) is 0 Å². The standard InChI is InChI=1S/C13H20N2O2S/c1-9(6-7-18(3)17)15-11-4-5-12(10(2)16)13(14)8-11/h4-5,8-9,15H,6-7,14H2,1-3H3. The van der Waals surface area contributed by atoms with Crippen molar-refractivity contribution >= 4 is 28.0 Å². The van der Waals surface area contributed by atoms with E-state index >= 15 is 0 Å². The third kappa shape index (κ3) is 4.49. The van der Waals surface area contributed by atoms with Gasteiger partial charge in [-0.2, -0.15) is 0 Å². The zero-order valence-corrected chi connectivity index (χ0v) is 11.8. The molecular weight excluding hydrogens is 248 g/mol. The lowest BCUT2D eigenvalue weighted by molar-refractivity contribution is 0.101. The van der Waals surface area contributed by atoms with Crippen molar-refractivity contribution in [3.05, 3.63) is 23.8 Å². The van der Waals surface area contributed by atoms with E-state index in [0.29, 0.717) is 17.0 Å². The van der Waals surface area contributed by atoms with Gasteiger partial charge in [-0.05, 0) is 38.5 Å². The lowest BCUT2D eigenvalue weighted by Gasteiger charge is -2.15. The third-order valence-electron chi connectivity index (χ3n) is 2.68. The first kappa shape index (κ1) is 14.7. The summed E-state index contributed by atoms with van der Waals surface area (Å²) in [7, 11) is -0.768. The Bertz CT molecular complexity index is 460. The Morgan fingerprint density at radius 3 is 2.67 bits per heavy atom. The first-order valence-electron chi connectivity index (χ1n) is 5.87. The molecule has 0 aliphatic carbocycles. The van der Waals surface area contributed by atoms with Gasteiger partial charge in [-0.3, -0.25) is 9.00 Å². The molecule has 0 heterocycles. The van der Waals surface area contributed by atoms with Crippen LogP contribution in [-0.2, 0) is 10.8 Å². The average Bonchev–Trinajstić information content (AvgIpc) is 2.26. The molecule has 0 bridgehead atoms. The van der Waals surface area contributed by atoms with E-state index in [1.54, 1.807) is 18.4 Å². The molecular formula is C13H20N2O2S. The van der Waals surface area contributed by atoms with Crippen LogP contribution in [0.5, 0.6) is 0 Å². The van der Waals surface area contributed by atoms with Crippen molar-refractivity contribution in [3.63, 3.8) is 0 Å². The summed E-state index contributed by atoms with van der Waals surface area (Å²) in [5, 5.41) is 3.28. The molecule has 0 fully saturated rings. The molecule has 0 aliphatic rings. The highest BCUT2D eigenvalue weighted by Gasteiger charge is 2.07. The van der Waals surface area contributed by atoms with Crippen LogP contribution in [0.15, 0.2) is 18.2 Å². The normalized spacial score (nSPS) is 13.9. The lowest BCUT2D eigenvalue weighted by atomic mass is 10.1. The lowest BCUT2D eigenvalue weighted by Crippen LogP contribution is -2.18. The fraction of sp³-hybridized carbons (Fsp3) is 0.462. The van der Waals surface area contributed by atoms with Crippen molar-refractivity contribution in [2.24, 2.45) is 0 Å². The maximum Gasteiger partial charge on any atom is 0.161 e. The van der Waals surface area contributed by atoms with Gasteiger partial charge in [0.05, 0.1) is 0 Å². The number of nitrogens with one attached hydrogen (secondary N) is 1. The molecule has 0 radical (unpaired) electrons. The summed E-state index contributed by atoms with van der Waals surface area (Å²) < 4.78 is 11.0. The number of Topliss-reactive ketones (excluding diaryl/α,β-unsaturated/α-hetero) is 1. The van der Waals surface area contributed by atoms with E-state index in [1.165, 1.54) is 6.92 Å². The van der Waals surface area contributed by atoms with Crippen LogP contribution < -0.4 is 11.1 Å². The van der Waals surface area contributed by atoms with Gasteiger partial charge >= 0.3 is 0 Å². The topological polar surface area (TPSA) is 72.2 Å². The number of hydrogen-bond donors (Lipinski definition) is 2. The highest BCUT2D eigenvalue weighted by Crippen LogP contribution is 2.19. The Balaban J connectivity index is 2.65. The predicted octanol–water partition coefficient (Wildman–Crippen LogP) is 2.04. The van der Waals surface area contributed by atoms with Crippen LogP contribution in [0, 0.1) is 0 Å². The number of ketones is 1. The van der Waals surface area contributed by atoms with E-state index in [0.717, 1.165) is 12.1 Å². The first-order valence-corrected chi connectivity index (χ1v) is 7.60. The maximum atomic E-state index is 11.2. The van der Waals surface area contributed by atoms with E-state index < -0.39 is 10.8 Å². The fourth-order valence-electron chi connectivity index (χ4n) is 1.67. The van der Waals surface area contributed by atoms with Crippen molar-refractivity contribution in [2.75, 3.05) is 23.1 Å². The minimum atomic E-state index is -0.768. The molecule has 100 valence electrons. The van der Waals surface area contributed by atoms with Crippen molar-refractivity contribution in [2.45, 2.75) is 26.3 Å². The summed E-state index contributed by atoms with van der Waals surface area (Å²) in [5.41, 5.74) is 7.72. The second kappa shape index (κ2) is 6.54. The molecule has 2 unspecified atom stereocenters. The summed E-state index contributed by atoms with van der Waals surface area (Å²) in [6, 6.07) is 5.55. The summed E-state index contributed by atoms with van der Waals surface area (Å²) in [6.45, 7) is 3.53. The highest BCUT2D eigenvalue weighted by molar-refractivity contribution is 7.84. The van der Waals surface area contributed by atoms with Gasteiger partial charge in [-0.15, -0.1) is 0 Å². The zero-order valence-electron chi connectivity index (χ0n) is 11.0. The molecule has 18 heavy (non-hydrogen) atoms. The number of nitrogen functional groups attached to an aromatic ring is 1. The van der Waals surface area contributed by atoms with Crippen LogP contribution in [0.2, 0.25) is 0 Å². The van der Waals surface area contributed by atoms with Gasteiger partial charge in [0.1, 0.15) is 0 Å². The summed E-state index contributed by atoms with van der Waals surface area (Å²) >= 11 is 0. The number of benzene rings is 1. The molecule has 3 N–H and O–H groups in total. The van der Waals surface area contributed by atoms with Crippen LogP contribution in [0.1, 0.15) is 30.6 Å². The maximum absolute atomic E-state index is 11.2. The van der Waals surface area contributed by atoms with Gasteiger partial charge in [-0.25, -0.2) is 0 Å². The van der Waals surface area contributed by atoms with Crippen molar-refractivity contribution in [3.8, 4) is 0 Å². The molecule has 0 saturated carbocycles. The molecule has 0 spiro atoms. The average molecular weight is 268 g/mol. The van der Waals surface area contributed by atoms with Gasteiger partial charge in [0.15, 0.2) is 5.78 Å². The Labute approximate surface area is 110 Å². The highest BCUT2D eigenvalue weighted by atomic mass is 32.2. The number of carbonyl (C=O) groups is 1. The second-order valence-corrected chi connectivity index (χ2v) is 6.02. The molecule has 5 heteroatoms. The minimum absolute atomic E-state index is 0.0338. The molecule has 1 rings (SSSR count). The number of anilines is 2. The molecule has 0 amide bonds. The van der Waals surface area contributed by atoms with E-state index in [1.807, 2.05) is 13.0 Å². The smallest absolute Gasteiger partial charge is 0.161 e. The van der Waals surface area contributed by atoms with Crippen molar-refractivity contribution in [1.29, 1.82) is 0 Å². The number of nitrogens with two attached hydrogens (primary N) is 1. The first-order chi connectivity index (χ1) is 8.40. The molecule has 2 atom stereocenters. The number of hydrogen-bond acceptors (Lipinski definition) is 4. The van der Waals surface area contributed by atoms with Gasteiger partial charge < -0.3 is 11.1 Å². The van der Waals surface area contributed by atoms with Crippen LogP contribution in [-0.4, -0.2) is 28.0 Å². The van der Waals surface area contributed by atoms with E-state index in [-0.39, 0.29) is 11.8 Å². The summed E-state index contributed by atoms with van der Waals surface area (Å²) in [4.78, 5) is 11.2. The van der Waals surface area contributed by atoms with E-state index in [2.05, 4.69) is 5.32 Å². The Hall–Kier alpha value is -1.36. The predicted molar refractivity (Wildman–Crippen MR) is 77.5 cm³/mol. The van der Waals surface area contributed by atoms with Crippen LogP contribution >= 0.6 is 0 Å². The number of rotatable bonds is 6. The summed E-state index contributed by atoms with van der Waals surface area (Å²) in [5.74, 6) is 0.642. The van der Waals surface area contributed by atoms with Crippen LogP contribution in [0.3, 0.4) is 0 Å². The Morgan fingerprint density at radius 1 is 1.50 bits per heavy atom. The fourth-order valence-corrected chi connectivity index (χ4v) is 2.36. The SMILES string of the molecule is CC(=O)c1ccc(NC(C)CCS(C)=O)cc1N. The largest absolute Gasteiger partial charge is 0.398 e. The third-order valence-corrected chi connectivity index (χ3v) is 3.49. The quantitative estimate of drug-likeness (QED) is 0.612. The van der Waals surface area contributed by atoms with E-state index in [9.17, 15) is 9.00 Å². The second-order valence-electron chi connectivity index (χ2n) is 4.47. The molecule has 0 saturated heterocycles. The van der Waals surface area contributed by atoms with Crippen molar-refractivity contribution in [1.82, 2.24) is 0 Å². The van der Waals surface area contributed by atoms with Crippen LogP contribution in [0.4, 0.5) is 11.4 Å². The molecule has 0 aromatic heterocycles. The molecule has 0 aliphatic heterocycles. The Morgan fingerprint density at radius 2 is 2.17 bits per heavy atom. The molecule has 1 aromatic carbocycles. The molecule has 4 nitrogen and oxygen atoms in total. The van der Waals surface area contributed by atoms with Crippen LogP contribution in [0.25, 0.3) is 0 Å².